The van der Waals surface area contributed by atoms with Crippen LogP contribution >= 0.6 is 15.9 Å². The Balaban J connectivity index is 2.12. The summed E-state index contributed by atoms with van der Waals surface area (Å²) in [4.78, 5) is 16.6. The second-order valence-corrected chi connectivity index (χ2v) is 5.86. The van der Waals surface area contributed by atoms with Gasteiger partial charge in [0.05, 0.1) is 6.54 Å². The molecule has 0 bridgehead atoms. The number of hydrogen-bond donors (Lipinski definition) is 1. The highest BCUT2D eigenvalue weighted by Gasteiger charge is 2.23. The highest BCUT2D eigenvalue weighted by Crippen LogP contribution is 2.24. The molecule has 1 aliphatic heterocycles. The van der Waals surface area contributed by atoms with Crippen LogP contribution in [-0.2, 0) is 0 Å². The maximum absolute atomic E-state index is 12.6. The van der Waals surface area contributed by atoms with Crippen LogP contribution in [0.3, 0.4) is 0 Å². The predicted molar refractivity (Wildman–Crippen MR) is 84.5 cm³/mol. The van der Waals surface area contributed by atoms with Gasteiger partial charge in [-0.2, -0.15) is 0 Å². The highest BCUT2D eigenvalue weighted by atomic mass is 79.9. The molecule has 5 heteroatoms. The van der Waals surface area contributed by atoms with Crippen molar-refractivity contribution in [3.8, 4) is 12.3 Å². The fourth-order valence-electron chi connectivity index (χ4n) is 2.33. The summed E-state index contributed by atoms with van der Waals surface area (Å²) >= 11 is 3.39. The highest BCUT2D eigenvalue weighted by molar-refractivity contribution is 9.10. The third kappa shape index (κ3) is 3.14. The Kier molecular flexibility index (Phi) is 4.69. The SMILES string of the molecule is C#CCN1CCN(C(=O)c2cc(Br)cc(N)c2C)CC1. The molecule has 20 heavy (non-hydrogen) atoms. The second-order valence-electron chi connectivity index (χ2n) is 4.94. The predicted octanol–water partition coefficient (Wildman–Crippen LogP) is 1.73. The number of carbonyl (C=O) groups is 1. The van der Waals surface area contributed by atoms with Gasteiger partial charge < -0.3 is 10.6 Å². The Morgan fingerprint density at radius 2 is 2.05 bits per heavy atom. The Labute approximate surface area is 128 Å². The summed E-state index contributed by atoms with van der Waals surface area (Å²) in [6.45, 7) is 5.56. The smallest absolute Gasteiger partial charge is 0.254 e. The molecule has 2 rings (SSSR count). The lowest BCUT2D eigenvalue weighted by Crippen LogP contribution is -2.48. The van der Waals surface area contributed by atoms with Crippen LogP contribution in [0.4, 0.5) is 5.69 Å². The number of amides is 1. The molecule has 1 aromatic rings. The van der Waals surface area contributed by atoms with Gasteiger partial charge in [0.1, 0.15) is 0 Å². The number of nitrogen functional groups attached to an aromatic ring is 1. The molecule has 1 saturated heterocycles. The molecule has 1 amide bonds. The van der Waals surface area contributed by atoms with Crippen LogP contribution in [0.2, 0.25) is 0 Å². The zero-order valence-electron chi connectivity index (χ0n) is 11.5. The Bertz CT molecular complexity index is 557. The van der Waals surface area contributed by atoms with Gasteiger partial charge in [-0.05, 0) is 24.6 Å². The number of rotatable bonds is 2. The third-order valence-electron chi connectivity index (χ3n) is 3.62. The molecule has 1 heterocycles. The minimum atomic E-state index is 0.0378. The summed E-state index contributed by atoms with van der Waals surface area (Å²) in [5, 5.41) is 0. The Hall–Kier alpha value is -1.51. The van der Waals surface area contributed by atoms with Crippen molar-refractivity contribution < 1.29 is 4.79 Å². The van der Waals surface area contributed by atoms with Crippen LogP contribution in [0, 0.1) is 19.3 Å². The number of nitrogens with two attached hydrogens (primary N) is 1. The number of hydrogen-bond acceptors (Lipinski definition) is 3. The standard InChI is InChI=1S/C15H18BrN3O/c1-3-4-18-5-7-19(8-6-18)15(20)13-9-12(16)10-14(17)11(13)2/h1,9-10H,4-8,17H2,2H3. The van der Waals surface area contributed by atoms with E-state index in [-0.39, 0.29) is 5.91 Å². The van der Waals surface area contributed by atoms with Crippen molar-refractivity contribution in [3.05, 3.63) is 27.7 Å². The minimum absolute atomic E-state index is 0.0378. The lowest BCUT2D eigenvalue weighted by molar-refractivity contribution is 0.0651. The third-order valence-corrected chi connectivity index (χ3v) is 4.08. The van der Waals surface area contributed by atoms with Gasteiger partial charge in [-0.3, -0.25) is 9.69 Å². The molecule has 0 radical (unpaired) electrons. The number of carbonyl (C=O) groups excluding carboxylic acids is 1. The van der Waals surface area contributed by atoms with E-state index >= 15 is 0 Å². The summed E-state index contributed by atoms with van der Waals surface area (Å²) in [6, 6.07) is 3.65. The topological polar surface area (TPSA) is 49.6 Å². The summed E-state index contributed by atoms with van der Waals surface area (Å²) in [6.07, 6.45) is 5.31. The molecule has 0 spiro atoms. The maximum Gasteiger partial charge on any atom is 0.254 e. The molecule has 0 atom stereocenters. The lowest BCUT2D eigenvalue weighted by atomic mass is 10.1. The van der Waals surface area contributed by atoms with Crippen LogP contribution in [0.25, 0.3) is 0 Å². The number of terminal acetylenes is 1. The van der Waals surface area contributed by atoms with Gasteiger partial charge in [-0.25, -0.2) is 0 Å². The molecule has 4 nitrogen and oxygen atoms in total. The average Bonchev–Trinajstić information content (AvgIpc) is 2.43. The van der Waals surface area contributed by atoms with E-state index in [1.807, 2.05) is 24.0 Å². The normalized spacial score (nSPS) is 15.9. The molecule has 0 unspecified atom stereocenters. The van der Waals surface area contributed by atoms with Gasteiger partial charge in [-0.15, -0.1) is 6.42 Å². The Morgan fingerprint density at radius 1 is 1.40 bits per heavy atom. The van der Waals surface area contributed by atoms with Gasteiger partial charge >= 0.3 is 0 Å². The first-order chi connectivity index (χ1) is 9.52. The minimum Gasteiger partial charge on any atom is -0.398 e. The van der Waals surface area contributed by atoms with Crippen molar-refractivity contribution in [2.75, 3.05) is 38.5 Å². The maximum atomic E-state index is 12.6. The van der Waals surface area contributed by atoms with Crippen LogP contribution in [0.5, 0.6) is 0 Å². The van der Waals surface area contributed by atoms with Crippen LogP contribution in [-0.4, -0.2) is 48.4 Å². The summed E-state index contributed by atoms with van der Waals surface area (Å²) in [5.74, 6) is 2.67. The van der Waals surface area contributed by atoms with Gasteiger partial charge in [0.25, 0.3) is 5.91 Å². The largest absolute Gasteiger partial charge is 0.398 e. The number of halogens is 1. The summed E-state index contributed by atoms with van der Waals surface area (Å²) in [5.41, 5.74) is 8.06. The van der Waals surface area contributed by atoms with Crippen molar-refractivity contribution in [2.24, 2.45) is 0 Å². The molecule has 0 saturated carbocycles. The van der Waals surface area contributed by atoms with E-state index in [4.69, 9.17) is 12.2 Å². The van der Waals surface area contributed by atoms with Gasteiger partial charge in [0, 0.05) is 41.9 Å². The first-order valence-electron chi connectivity index (χ1n) is 6.53. The van der Waals surface area contributed by atoms with Crippen LogP contribution in [0.15, 0.2) is 16.6 Å². The van der Waals surface area contributed by atoms with Crippen molar-refractivity contribution in [1.82, 2.24) is 9.80 Å². The van der Waals surface area contributed by atoms with Crippen molar-refractivity contribution in [2.45, 2.75) is 6.92 Å². The van der Waals surface area contributed by atoms with E-state index in [2.05, 4.69) is 26.8 Å². The van der Waals surface area contributed by atoms with Crippen molar-refractivity contribution in [1.29, 1.82) is 0 Å². The number of nitrogens with zero attached hydrogens (tertiary/aromatic N) is 2. The molecule has 106 valence electrons. The van der Waals surface area contributed by atoms with Crippen LogP contribution < -0.4 is 5.73 Å². The zero-order valence-corrected chi connectivity index (χ0v) is 13.1. The van der Waals surface area contributed by atoms with Gasteiger partial charge in [0.2, 0.25) is 0 Å². The number of piperazine rings is 1. The van der Waals surface area contributed by atoms with Crippen LogP contribution in [0.1, 0.15) is 15.9 Å². The lowest BCUT2D eigenvalue weighted by Gasteiger charge is -2.34. The summed E-state index contributed by atoms with van der Waals surface area (Å²) in [7, 11) is 0. The zero-order chi connectivity index (χ0) is 14.7. The van der Waals surface area contributed by atoms with E-state index in [1.165, 1.54) is 0 Å². The quantitative estimate of drug-likeness (QED) is 0.661. The van der Waals surface area contributed by atoms with Crippen molar-refractivity contribution in [3.63, 3.8) is 0 Å². The van der Waals surface area contributed by atoms with E-state index in [9.17, 15) is 4.79 Å². The van der Waals surface area contributed by atoms with E-state index in [0.29, 0.717) is 30.9 Å². The fraction of sp³-hybridized carbons (Fsp3) is 0.400. The molecule has 0 aromatic heterocycles. The average molecular weight is 336 g/mol. The second kappa shape index (κ2) is 6.29. The fourth-order valence-corrected chi connectivity index (χ4v) is 2.81. The van der Waals surface area contributed by atoms with E-state index < -0.39 is 0 Å². The molecular formula is C15H18BrN3O. The summed E-state index contributed by atoms with van der Waals surface area (Å²) < 4.78 is 0.829. The molecule has 1 aromatic carbocycles. The molecule has 2 N–H and O–H groups in total. The monoisotopic (exact) mass is 335 g/mol. The molecule has 1 fully saturated rings. The van der Waals surface area contributed by atoms with E-state index in [1.54, 1.807) is 0 Å². The Morgan fingerprint density at radius 3 is 2.65 bits per heavy atom. The molecule has 0 aliphatic carbocycles. The molecule has 1 aliphatic rings. The van der Waals surface area contributed by atoms with E-state index in [0.717, 1.165) is 23.1 Å². The number of anilines is 1. The van der Waals surface area contributed by atoms with Crippen molar-refractivity contribution >= 4 is 27.5 Å². The first kappa shape index (κ1) is 14.9. The van der Waals surface area contributed by atoms with Gasteiger partial charge in [-0.1, -0.05) is 21.9 Å². The molecular weight excluding hydrogens is 318 g/mol. The van der Waals surface area contributed by atoms with Gasteiger partial charge in [0.15, 0.2) is 0 Å². The number of benzene rings is 1. The first-order valence-corrected chi connectivity index (χ1v) is 7.33.